The number of rotatable bonds is 10. The molecule has 0 spiro atoms. The van der Waals surface area contributed by atoms with Gasteiger partial charge in [0.2, 0.25) is 0 Å². The zero-order valence-electron chi connectivity index (χ0n) is 42.9. The van der Waals surface area contributed by atoms with Gasteiger partial charge < -0.3 is 66.4 Å². The van der Waals surface area contributed by atoms with Gasteiger partial charge in [-0.3, -0.25) is 9.59 Å². The Bertz CT molecular complexity index is 2050. The lowest BCUT2D eigenvalue weighted by Crippen LogP contribution is -2.69. The van der Waals surface area contributed by atoms with Gasteiger partial charge in [0.15, 0.2) is 11.6 Å². The number of carbonyl (C=O) groups is 2. The van der Waals surface area contributed by atoms with E-state index in [2.05, 4.69) is 0 Å². The molecule has 0 aromatic carbocycles. The molecule has 394 valence electrons. The van der Waals surface area contributed by atoms with Gasteiger partial charge in [-0.25, -0.2) is 0 Å². The highest BCUT2D eigenvalue weighted by atomic mass is 16.4. The van der Waals surface area contributed by atoms with E-state index < -0.39 is 109 Å². The highest BCUT2D eigenvalue weighted by Crippen LogP contribution is 2.71. The van der Waals surface area contributed by atoms with Crippen LogP contribution in [0.4, 0.5) is 0 Å². The third kappa shape index (κ3) is 8.43. The van der Waals surface area contributed by atoms with E-state index >= 15 is 0 Å². The highest BCUT2D eigenvalue weighted by molar-refractivity contribution is 6.00. The van der Waals surface area contributed by atoms with Gasteiger partial charge in [0.1, 0.15) is 5.60 Å². The average molecular weight is 977 g/mol. The molecule has 0 heterocycles. The molecule has 0 radical (unpaired) electrons. The first-order valence-electron chi connectivity index (χ1n) is 26.0. The predicted molar refractivity (Wildman–Crippen MR) is 255 cm³/mol. The lowest BCUT2D eigenvalue weighted by Gasteiger charge is -2.62. The summed E-state index contributed by atoms with van der Waals surface area (Å²) in [5.74, 6) is -2.33. The second kappa shape index (κ2) is 17.4. The van der Waals surface area contributed by atoms with Crippen molar-refractivity contribution in [1.29, 1.82) is 0 Å². The van der Waals surface area contributed by atoms with Crippen LogP contribution in [0.5, 0.6) is 0 Å². The molecule has 20 unspecified atom stereocenters. The van der Waals surface area contributed by atoms with Crippen molar-refractivity contribution >= 4 is 11.6 Å². The molecule has 0 amide bonds. The van der Waals surface area contributed by atoms with E-state index in [-0.39, 0.29) is 61.6 Å². The van der Waals surface area contributed by atoms with Crippen LogP contribution >= 0.6 is 0 Å². The van der Waals surface area contributed by atoms with Crippen molar-refractivity contribution in [2.45, 2.75) is 248 Å². The summed E-state index contributed by atoms with van der Waals surface area (Å²) in [5, 5.41) is 142. The number of aliphatic hydroxyl groups is 13. The fourth-order valence-electron chi connectivity index (χ4n) is 16.6. The zero-order chi connectivity index (χ0) is 51.9. The summed E-state index contributed by atoms with van der Waals surface area (Å²) in [6.45, 7) is 17.5. The van der Waals surface area contributed by atoms with Crippen molar-refractivity contribution in [1.82, 2.24) is 0 Å². The molecule has 0 aliphatic heterocycles. The average Bonchev–Trinajstić information content (AvgIpc) is 3.68. The summed E-state index contributed by atoms with van der Waals surface area (Å²) in [7, 11) is 0. The van der Waals surface area contributed by atoms with E-state index in [1.54, 1.807) is 54.5 Å². The Hall–Kier alpha value is -1.70. The lowest BCUT2D eigenvalue weighted by atomic mass is 9.44. The molecule has 0 saturated heterocycles. The summed E-state index contributed by atoms with van der Waals surface area (Å²) in [4.78, 5) is 26.6. The standard InChI is InChI=1S/C27H44O8.C27H44O7/c1-22(2,32)9-8-20(30)25(5,33)19-7-11-26(34)16-12-21(31)27(35)14-18(29)17(28)13-24(27,4)15(16)6-10-23(19,26)3;1-23(2,32)9-8-22(31)26(5,33)21-7-11-27(34)16-12-18(28)17-13-19(29)20(30)14-24(17,3)15(16)6-10-25(21,27)4/h12,15,17-20,28-30,32-35H,6-11,13-14H2,1-5H3;12,15,17,19-22,29-34H,6-11,13-14H2,1-5H3. The Morgan fingerprint density at radius 3 is 1.42 bits per heavy atom. The van der Waals surface area contributed by atoms with Crippen LogP contribution in [-0.4, -0.2) is 154 Å². The number of allylic oxidation sites excluding steroid dienone is 1. The molecule has 0 aromatic heterocycles. The van der Waals surface area contributed by atoms with Gasteiger partial charge in [0, 0.05) is 28.6 Å². The summed E-state index contributed by atoms with van der Waals surface area (Å²) in [6.07, 6.45) is 2.20. The topological polar surface area (TPSA) is 297 Å². The maximum absolute atomic E-state index is 13.3. The maximum atomic E-state index is 13.3. The van der Waals surface area contributed by atoms with Crippen LogP contribution in [0.3, 0.4) is 0 Å². The SMILES string of the molecule is CC(C)(O)CCC(O)C(C)(O)C1CCC2(O)C3=CC(=O)C4(O)CC(O)C(O)CC4(C)C3CCC12C.CC(C)(O)CCC(O)C(C)(O)C1CCC2(O)C3=CC(=O)C4CC(O)C(O)CC4(C)C3CCC12C. The normalized spacial score (nSPS) is 47.8. The molecule has 8 aliphatic rings. The van der Waals surface area contributed by atoms with Crippen molar-refractivity contribution in [3.8, 4) is 0 Å². The Balaban J connectivity index is 0.000000204. The van der Waals surface area contributed by atoms with E-state index in [0.29, 0.717) is 81.8 Å². The molecule has 15 nitrogen and oxygen atoms in total. The smallest absolute Gasteiger partial charge is 0.187 e. The first kappa shape index (κ1) is 55.1. The molecule has 6 saturated carbocycles. The second-order valence-corrected chi connectivity index (χ2v) is 26.5. The van der Waals surface area contributed by atoms with E-state index in [0.717, 1.165) is 0 Å². The van der Waals surface area contributed by atoms with E-state index in [9.17, 15) is 76.0 Å². The van der Waals surface area contributed by atoms with Crippen LogP contribution in [0.2, 0.25) is 0 Å². The van der Waals surface area contributed by atoms with Gasteiger partial charge in [-0.15, -0.1) is 0 Å². The van der Waals surface area contributed by atoms with Crippen LogP contribution in [0, 0.1) is 51.2 Å². The quantitative estimate of drug-likeness (QED) is 0.150. The number of fused-ring (bicyclic) bond motifs is 10. The molecule has 8 aliphatic carbocycles. The number of aliphatic hydroxyl groups excluding tert-OH is 6. The van der Waals surface area contributed by atoms with Crippen LogP contribution in [0.15, 0.2) is 23.3 Å². The van der Waals surface area contributed by atoms with Gasteiger partial charge in [0.25, 0.3) is 0 Å². The predicted octanol–water partition coefficient (Wildman–Crippen LogP) is 2.82. The van der Waals surface area contributed by atoms with Crippen molar-refractivity contribution in [3.63, 3.8) is 0 Å². The Morgan fingerprint density at radius 2 is 0.957 bits per heavy atom. The number of ketones is 2. The number of hydrogen-bond donors (Lipinski definition) is 13. The van der Waals surface area contributed by atoms with E-state index in [4.69, 9.17) is 0 Å². The summed E-state index contributed by atoms with van der Waals surface area (Å²) >= 11 is 0. The number of carbonyl (C=O) groups excluding carboxylic acids is 2. The van der Waals surface area contributed by atoms with Crippen LogP contribution in [-0.2, 0) is 9.59 Å². The fraction of sp³-hybridized carbons (Fsp3) is 0.889. The van der Waals surface area contributed by atoms with Gasteiger partial charge in [0.05, 0.1) is 70.2 Å². The Labute approximate surface area is 408 Å². The monoisotopic (exact) mass is 977 g/mol. The van der Waals surface area contributed by atoms with Crippen LogP contribution in [0.25, 0.3) is 0 Å². The summed E-state index contributed by atoms with van der Waals surface area (Å²) < 4.78 is 0. The van der Waals surface area contributed by atoms with Crippen molar-refractivity contribution < 1.29 is 76.0 Å². The molecule has 20 atom stereocenters. The zero-order valence-corrected chi connectivity index (χ0v) is 42.9. The molecule has 6 fully saturated rings. The third-order valence-corrected chi connectivity index (χ3v) is 21.2. The van der Waals surface area contributed by atoms with Gasteiger partial charge in [-0.2, -0.15) is 0 Å². The van der Waals surface area contributed by atoms with Crippen molar-refractivity contribution in [2.75, 3.05) is 0 Å². The Kier molecular flexibility index (Phi) is 13.9. The van der Waals surface area contributed by atoms with E-state index in [1.807, 2.05) is 20.8 Å². The maximum Gasteiger partial charge on any atom is 0.187 e. The highest BCUT2D eigenvalue weighted by Gasteiger charge is 2.73. The van der Waals surface area contributed by atoms with Gasteiger partial charge >= 0.3 is 0 Å². The Morgan fingerprint density at radius 1 is 0.536 bits per heavy atom. The largest absolute Gasteiger partial charge is 0.390 e. The van der Waals surface area contributed by atoms with Crippen LogP contribution in [0.1, 0.15) is 172 Å². The van der Waals surface area contributed by atoms with E-state index in [1.165, 1.54) is 6.08 Å². The fourth-order valence-corrected chi connectivity index (χ4v) is 16.6. The van der Waals surface area contributed by atoms with Crippen molar-refractivity contribution in [2.24, 2.45) is 51.2 Å². The first-order valence-corrected chi connectivity index (χ1v) is 26.0. The third-order valence-electron chi connectivity index (χ3n) is 21.2. The minimum Gasteiger partial charge on any atom is -0.390 e. The minimum atomic E-state index is -1.82. The molecule has 13 N–H and O–H groups in total. The van der Waals surface area contributed by atoms with Gasteiger partial charge in [-0.05, 0) is 190 Å². The number of hydrogen-bond acceptors (Lipinski definition) is 15. The molecule has 0 aromatic rings. The second-order valence-electron chi connectivity index (χ2n) is 26.5. The molecular weight excluding hydrogens is 889 g/mol. The first-order chi connectivity index (χ1) is 31.3. The molecule has 69 heavy (non-hydrogen) atoms. The van der Waals surface area contributed by atoms with Crippen molar-refractivity contribution in [3.05, 3.63) is 23.3 Å². The molecule has 15 heteroatoms. The minimum absolute atomic E-state index is 0.0437. The van der Waals surface area contributed by atoms with Crippen LogP contribution < -0.4 is 0 Å². The summed E-state index contributed by atoms with van der Waals surface area (Å²) in [5.41, 5.74) is -11.3. The molecular formula is C54H88O15. The molecule has 0 bridgehead atoms. The molecule has 8 rings (SSSR count). The lowest BCUT2D eigenvalue weighted by molar-refractivity contribution is -0.211. The summed E-state index contributed by atoms with van der Waals surface area (Å²) in [6, 6.07) is 0. The van der Waals surface area contributed by atoms with Gasteiger partial charge in [-0.1, -0.05) is 27.7 Å².